The van der Waals surface area contributed by atoms with Gasteiger partial charge in [-0.1, -0.05) is 24.6 Å². The Labute approximate surface area is 117 Å². The first-order valence-corrected chi connectivity index (χ1v) is 6.59. The zero-order valence-electron chi connectivity index (χ0n) is 11.0. The van der Waals surface area contributed by atoms with E-state index in [0.717, 1.165) is 17.7 Å². The Morgan fingerprint density at radius 3 is 2.79 bits per heavy atom. The van der Waals surface area contributed by atoms with Gasteiger partial charge in [0.25, 0.3) is 0 Å². The maximum Gasteiger partial charge on any atom is 0.128 e. The van der Waals surface area contributed by atoms with Gasteiger partial charge in [0.15, 0.2) is 0 Å². The molecule has 0 radical (unpaired) electrons. The number of nitrogens with one attached hydrogen (secondary N) is 1. The Morgan fingerprint density at radius 1 is 1.32 bits per heavy atom. The van der Waals surface area contributed by atoms with Crippen LogP contribution < -0.4 is 5.32 Å². The van der Waals surface area contributed by atoms with Crippen molar-refractivity contribution in [3.63, 3.8) is 0 Å². The Hall–Kier alpha value is -1.45. The third kappa shape index (κ3) is 3.31. The number of pyridine rings is 1. The highest BCUT2D eigenvalue weighted by molar-refractivity contribution is 6.30. The number of aromatic nitrogens is 1. The average molecular weight is 279 g/mol. The van der Waals surface area contributed by atoms with Crippen LogP contribution >= 0.6 is 11.6 Å². The van der Waals surface area contributed by atoms with Gasteiger partial charge in [0.1, 0.15) is 5.82 Å². The third-order valence-corrected chi connectivity index (χ3v) is 3.14. The van der Waals surface area contributed by atoms with Crippen LogP contribution in [0.15, 0.2) is 36.7 Å². The van der Waals surface area contributed by atoms with Crippen molar-refractivity contribution < 1.29 is 4.39 Å². The Balaban J connectivity index is 2.48. The summed E-state index contributed by atoms with van der Waals surface area (Å²) in [6.07, 6.45) is 3.53. The topological polar surface area (TPSA) is 24.9 Å². The van der Waals surface area contributed by atoms with Crippen LogP contribution in [0.5, 0.6) is 0 Å². The predicted octanol–water partition coefficient (Wildman–Crippen LogP) is 3.88. The van der Waals surface area contributed by atoms with Gasteiger partial charge in [0, 0.05) is 23.0 Å². The second-order valence-corrected chi connectivity index (χ2v) is 4.89. The van der Waals surface area contributed by atoms with E-state index in [1.165, 1.54) is 6.07 Å². The van der Waals surface area contributed by atoms with E-state index in [9.17, 15) is 4.39 Å². The summed E-state index contributed by atoms with van der Waals surface area (Å²) < 4.78 is 14.0. The molecule has 1 atom stereocenters. The van der Waals surface area contributed by atoms with Gasteiger partial charge in [-0.2, -0.15) is 0 Å². The molecule has 2 nitrogen and oxygen atoms in total. The number of hydrogen-bond acceptors (Lipinski definition) is 2. The molecule has 0 spiro atoms. The molecule has 4 heteroatoms. The molecule has 100 valence electrons. The molecule has 0 aliphatic rings. The summed E-state index contributed by atoms with van der Waals surface area (Å²) >= 11 is 5.97. The fraction of sp³-hybridized carbons (Fsp3) is 0.267. The molecular weight excluding hydrogens is 263 g/mol. The molecule has 0 amide bonds. The molecule has 2 rings (SSSR count). The van der Waals surface area contributed by atoms with E-state index in [1.807, 2.05) is 19.9 Å². The van der Waals surface area contributed by atoms with Crippen LogP contribution in [0.4, 0.5) is 4.39 Å². The first-order valence-electron chi connectivity index (χ1n) is 6.21. The lowest BCUT2D eigenvalue weighted by atomic mass is 9.98. The summed E-state index contributed by atoms with van der Waals surface area (Å²) in [4.78, 5) is 4.17. The third-order valence-electron chi connectivity index (χ3n) is 2.91. The van der Waals surface area contributed by atoms with E-state index in [4.69, 9.17) is 11.6 Å². The van der Waals surface area contributed by atoms with Crippen LogP contribution in [0.3, 0.4) is 0 Å². The van der Waals surface area contributed by atoms with Crippen LogP contribution in [-0.4, -0.2) is 11.5 Å². The van der Waals surface area contributed by atoms with E-state index >= 15 is 0 Å². The quantitative estimate of drug-likeness (QED) is 0.918. The minimum Gasteiger partial charge on any atom is -0.306 e. The smallest absolute Gasteiger partial charge is 0.128 e. The van der Waals surface area contributed by atoms with Gasteiger partial charge in [-0.3, -0.25) is 4.98 Å². The molecule has 0 fully saturated rings. The van der Waals surface area contributed by atoms with Crippen LogP contribution in [0.25, 0.3) is 0 Å². The maximum atomic E-state index is 14.0. The van der Waals surface area contributed by atoms with Crippen molar-refractivity contribution in [3.05, 3.63) is 64.2 Å². The molecule has 0 bridgehead atoms. The molecule has 1 heterocycles. The van der Waals surface area contributed by atoms with Crippen molar-refractivity contribution in [2.24, 2.45) is 0 Å². The predicted molar refractivity (Wildman–Crippen MR) is 75.9 cm³/mol. The van der Waals surface area contributed by atoms with Crippen molar-refractivity contribution in [3.8, 4) is 0 Å². The largest absolute Gasteiger partial charge is 0.306 e. The monoisotopic (exact) mass is 278 g/mol. The van der Waals surface area contributed by atoms with Crippen molar-refractivity contribution in [2.45, 2.75) is 19.9 Å². The summed E-state index contributed by atoms with van der Waals surface area (Å²) in [5, 5.41) is 3.80. The second-order valence-electron chi connectivity index (χ2n) is 4.45. The minimum atomic E-state index is -0.267. The average Bonchev–Trinajstić information content (AvgIpc) is 2.39. The van der Waals surface area contributed by atoms with E-state index in [2.05, 4.69) is 10.3 Å². The number of benzene rings is 1. The fourth-order valence-corrected chi connectivity index (χ4v) is 2.26. The molecule has 0 aliphatic carbocycles. The number of rotatable bonds is 4. The minimum absolute atomic E-state index is 0.240. The Bertz CT molecular complexity index is 572. The van der Waals surface area contributed by atoms with Crippen LogP contribution in [0.2, 0.25) is 5.02 Å². The van der Waals surface area contributed by atoms with Crippen molar-refractivity contribution >= 4 is 11.6 Å². The molecule has 2 aromatic rings. The molecule has 1 aromatic carbocycles. The van der Waals surface area contributed by atoms with Crippen molar-refractivity contribution in [1.82, 2.24) is 10.3 Å². The number of nitrogens with zero attached hydrogens (tertiary/aromatic N) is 1. The van der Waals surface area contributed by atoms with Gasteiger partial charge in [0.2, 0.25) is 0 Å². The van der Waals surface area contributed by atoms with E-state index in [-0.39, 0.29) is 11.9 Å². The molecule has 19 heavy (non-hydrogen) atoms. The summed E-state index contributed by atoms with van der Waals surface area (Å²) in [6, 6.07) is 6.37. The van der Waals surface area contributed by atoms with Gasteiger partial charge in [-0.15, -0.1) is 0 Å². The first-order chi connectivity index (χ1) is 9.11. The van der Waals surface area contributed by atoms with Gasteiger partial charge >= 0.3 is 0 Å². The van der Waals surface area contributed by atoms with Crippen molar-refractivity contribution in [2.75, 3.05) is 6.54 Å². The highest BCUT2D eigenvalue weighted by Crippen LogP contribution is 2.27. The Kier molecular flexibility index (Phi) is 4.51. The molecule has 0 saturated carbocycles. The van der Waals surface area contributed by atoms with Gasteiger partial charge in [0.05, 0.1) is 6.04 Å². The molecule has 1 aromatic heterocycles. The van der Waals surface area contributed by atoms with E-state index < -0.39 is 0 Å². The fourth-order valence-electron chi connectivity index (χ4n) is 2.08. The summed E-state index contributed by atoms with van der Waals surface area (Å²) in [5.41, 5.74) is 2.52. The lowest BCUT2D eigenvalue weighted by molar-refractivity contribution is 0.558. The van der Waals surface area contributed by atoms with Crippen LogP contribution in [-0.2, 0) is 0 Å². The molecular formula is C15H16ClFN2. The Morgan fingerprint density at radius 2 is 2.11 bits per heavy atom. The highest BCUT2D eigenvalue weighted by Gasteiger charge is 2.17. The molecule has 1 unspecified atom stereocenters. The first kappa shape index (κ1) is 14.0. The number of aryl methyl sites for hydroxylation is 1. The molecule has 0 aliphatic heterocycles. The molecule has 1 N–H and O–H groups in total. The number of hydrogen-bond donors (Lipinski definition) is 1. The standard InChI is InChI=1S/C15H16ClFN2/c1-3-19-15(11-6-10(2)8-18-9-11)13-7-12(16)4-5-14(13)17/h4-9,15,19H,3H2,1-2H3. The van der Waals surface area contributed by atoms with E-state index in [0.29, 0.717) is 10.6 Å². The van der Waals surface area contributed by atoms with Crippen LogP contribution in [0, 0.1) is 12.7 Å². The van der Waals surface area contributed by atoms with Gasteiger partial charge in [-0.05, 0) is 42.8 Å². The highest BCUT2D eigenvalue weighted by atomic mass is 35.5. The van der Waals surface area contributed by atoms with E-state index in [1.54, 1.807) is 24.5 Å². The molecule has 0 saturated heterocycles. The zero-order chi connectivity index (χ0) is 13.8. The maximum absolute atomic E-state index is 14.0. The van der Waals surface area contributed by atoms with Crippen LogP contribution in [0.1, 0.15) is 29.7 Å². The summed E-state index contributed by atoms with van der Waals surface area (Å²) in [6.45, 7) is 4.68. The normalized spacial score (nSPS) is 12.4. The number of halogens is 2. The lowest BCUT2D eigenvalue weighted by Gasteiger charge is -2.19. The summed E-state index contributed by atoms with van der Waals surface area (Å²) in [7, 11) is 0. The zero-order valence-corrected chi connectivity index (χ0v) is 11.7. The van der Waals surface area contributed by atoms with Crippen molar-refractivity contribution in [1.29, 1.82) is 0 Å². The lowest BCUT2D eigenvalue weighted by Crippen LogP contribution is -2.23. The SMILES string of the molecule is CCNC(c1cncc(C)c1)c1cc(Cl)ccc1F. The summed E-state index contributed by atoms with van der Waals surface area (Å²) in [5.74, 6) is -0.267. The van der Waals surface area contributed by atoms with Gasteiger partial charge in [-0.25, -0.2) is 4.39 Å². The van der Waals surface area contributed by atoms with Gasteiger partial charge < -0.3 is 5.32 Å². The second kappa shape index (κ2) is 6.13.